The van der Waals surface area contributed by atoms with E-state index < -0.39 is 0 Å². The van der Waals surface area contributed by atoms with Gasteiger partial charge < -0.3 is 15.5 Å². The number of guanidine groups is 1. The van der Waals surface area contributed by atoms with Crippen LogP contribution in [0.3, 0.4) is 0 Å². The van der Waals surface area contributed by atoms with E-state index in [2.05, 4.69) is 60.4 Å². The number of hydrogen-bond acceptors (Lipinski definition) is 3. The SMILES string of the molecule is CCNC(=NCc1ccc(C)s1)NCCCCN(CC)CC.I. The molecule has 4 nitrogen and oxygen atoms in total. The first kappa shape index (κ1) is 22.7. The van der Waals surface area contributed by atoms with E-state index in [0.717, 1.165) is 38.7 Å². The smallest absolute Gasteiger partial charge is 0.191 e. The number of hydrogen-bond donors (Lipinski definition) is 2. The largest absolute Gasteiger partial charge is 0.357 e. The Balaban J connectivity index is 0.00000484. The predicted octanol–water partition coefficient (Wildman–Crippen LogP) is 3.85. The Labute approximate surface area is 163 Å². The van der Waals surface area contributed by atoms with Crippen LogP contribution in [-0.4, -0.2) is 43.6 Å². The van der Waals surface area contributed by atoms with Crippen molar-refractivity contribution in [2.75, 3.05) is 32.7 Å². The molecule has 0 aliphatic heterocycles. The quantitative estimate of drug-likeness (QED) is 0.245. The molecule has 0 atom stereocenters. The van der Waals surface area contributed by atoms with Crippen molar-refractivity contribution in [3.8, 4) is 0 Å². The fourth-order valence-corrected chi connectivity index (χ4v) is 3.09. The molecule has 0 fully saturated rings. The molecule has 2 N–H and O–H groups in total. The monoisotopic (exact) mass is 452 g/mol. The third-order valence-electron chi connectivity index (χ3n) is 3.62. The molecule has 0 saturated heterocycles. The van der Waals surface area contributed by atoms with Crippen LogP contribution in [-0.2, 0) is 6.54 Å². The molecule has 0 radical (unpaired) electrons. The van der Waals surface area contributed by atoms with Gasteiger partial charge in [0.15, 0.2) is 5.96 Å². The molecule has 0 saturated carbocycles. The number of nitrogens with zero attached hydrogens (tertiary/aromatic N) is 2. The van der Waals surface area contributed by atoms with E-state index in [0.29, 0.717) is 0 Å². The molecule has 1 aromatic rings. The molecule has 6 heteroatoms. The van der Waals surface area contributed by atoms with Crippen molar-refractivity contribution in [3.05, 3.63) is 21.9 Å². The standard InChI is InChI=1S/C17H32N4S.HI/c1-5-18-17(20-14-16-11-10-15(4)22-16)19-12-8-9-13-21(6-2)7-3;/h10-11H,5-9,12-14H2,1-4H3,(H2,18,19,20);1H. The van der Waals surface area contributed by atoms with Crippen LogP contribution in [0.25, 0.3) is 0 Å². The lowest BCUT2D eigenvalue weighted by atomic mass is 10.3. The summed E-state index contributed by atoms with van der Waals surface area (Å²) in [6, 6.07) is 4.32. The topological polar surface area (TPSA) is 39.7 Å². The molecule has 1 heterocycles. The second-order valence-corrected chi connectivity index (χ2v) is 6.74. The summed E-state index contributed by atoms with van der Waals surface area (Å²) < 4.78 is 0. The lowest BCUT2D eigenvalue weighted by Gasteiger charge is -2.18. The minimum absolute atomic E-state index is 0. The highest BCUT2D eigenvalue weighted by Gasteiger charge is 2.01. The fraction of sp³-hybridized carbons (Fsp3) is 0.706. The van der Waals surface area contributed by atoms with Crippen molar-refractivity contribution in [2.24, 2.45) is 4.99 Å². The Hall–Kier alpha value is -0.340. The maximum absolute atomic E-state index is 4.66. The first-order chi connectivity index (χ1) is 10.7. The van der Waals surface area contributed by atoms with Crippen molar-refractivity contribution in [1.29, 1.82) is 0 Å². The molecule has 0 amide bonds. The van der Waals surface area contributed by atoms with E-state index in [1.807, 2.05) is 11.3 Å². The highest BCUT2D eigenvalue weighted by molar-refractivity contribution is 14.0. The van der Waals surface area contributed by atoms with Gasteiger partial charge in [-0.1, -0.05) is 13.8 Å². The third kappa shape index (κ3) is 10.2. The van der Waals surface area contributed by atoms with Gasteiger partial charge in [0.25, 0.3) is 0 Å². The molecular weight excluding hydrogens is 419 g/mol. The molecule has 0 aliphatic rings. The van der Waals surface area contributed by atoms with Crippen LogP contribution in [0.5, 0.6) is 0 Å². The highest BCUT2D eigenvalue weighted by atomic mass is 127. The van der Waals surface area contributed by atoms with E-state index >= 15 is 0 Å². The van der Waals surface area contributed by atoms with Gasteiger partial charge in [-0.3, -0.25) is 0 Å². The number of aliphatic imine (C=N–C) groups is 1. The molecular formula is C17H33IN4S. The maximum atomic E-state index is 4.66. The van der Waals surface area contributed by atoms with Gasteiger partial charge in [-0.05, 0) is 58.5 Å². The second kappa shape index (κ2) is 14.0. The second-order valence-electron chi connectivity index (χ2n) is 5.37. The average Bonchev–Trinajstić information content (AvgIpc) is 2.94. The van der Waals surface area contributed by atoms with Crippen LogP contribution in [0.15, 0.2) is 17.1 Å². The normalized spacial score (nSPS) is 11.4. The van der Waals surface area contributed by atoms with Gasteiger partial charge in [-0.2, -0.15) is 0 Å². The summed E-state index contributed by atoms with van der Waals surface area (Å²) >= 11 is 1.82. The molecule has 1 rings (SSSR count). The molecule has 0 aliphatic carbocycles. The molecule has 1 aromatic heterocycles. The highest BCUT2D eigenvalue weighted by Crippen LogP contribution is 2.15. The van der Waals surface area contributed by atoms with E-state index in [-0.39, 0.29) is 24.0 Å². The zero-order chi connectivity index (χ0) is 16.2. The first-order valence-electron chi connectivity index (χ1n) is 8.49. The Morgan fingerprint density at radius 1 is 1.13 bits per heavy atom. The Kier molecular flexibility index (Phi) is 13.8. The number of unbranched alkanes of at least 4 members (excludes halogenated alkanes) is 1. The summed E-state index contributed by atoms with van der Waals surface area (Å²) in [4.78, 5) is 9.79. The number of rotatable bonds is 10. The van der Waals surface area contributed by atoms with E-state index in [1.54, 1.807) is 0 Å². The van der Waals surface area contributed by atoms with Gasteiger partial charge in [-0.15, -0.1) is 35.3 Å². The number of halogens is 1. The van der Waals surface area contributed by atoms with Gasteiger partial charge in [-0.25, -0.2) is 4.99 Å². The molecule has 0 bridgehead atoms. The Bertz CT molecular complexity index is 430. The predicted molar refractivity (Wildman–Crippen MR) is 114 cm³/mol. The van der Waals surface area contributed by atoms with Gasteiger partial charge in [0, 0.05) is 22.8 Å². The van der Waals surface area contributed by atoms with Crippen molar-refractivity contribution < 1.29 is 0 Å². The molecule has 0 aromatic carbocycles. The Morgan fingerprint density at radius 3 is 2.43 bits per heavy atom. The number of nitrogens with one attached hydrogen (secondary N) is 2. The summed E-state index contributed by atoms with van der Waals surface area (Å²) in [7, 11) is 0. The Morgan fingerprint density at radius 2 is 1.87 bits per heavy atom. The first-order valence-corrected chi connectivity index (χ1v) is 9.31. The minimum Gasteiger partial charge on any atom is -0.357 e. The van der Waals surface area contributed by atoms with Crippen molar-refractivity contribution in [3.63, 3.8) is 0 Å². The summed E-state index contributed by atoms with van der Waals surface area (Å²) in [5, 5.41) is 6.75. The van der Waals surface area contributed by atoms with Crippen LogP contribution >= 0.6 is 35.3 Å². The zero-order valence-corrected chi connectivity index (χ0v) is 18.2. The van der Waals surface area contributed by atoms with Crippen LogP contribution in [0.1, 0.15) is 43.4 Å². The van der Waals surface area contributed by atoms with Crippen molar-refractivity contribution in [1.82, 2.24) is 15.5 Å². The van der Waals surface area contributed by atoms with Gasteiger partial charge >= 0.3 is 0 Å². The number of aryl methyl sites for hydroxylation is 1. The number of thiophene rings is 1. The summed E-state index contributed by atoms with van der Waals surface area (Å²) in [5.74, 6) is 0.927. The van der Waals surface area contributed by atoms with Crippen LogP contribution < -0.4 is 10.6 Å². The maximum Gasteiger partial charge on any atom is 0.191 e. The summed E-state index contributed by atoms with van der Waals surface area (Å²) in [6.07, 6.45) is 2.41. The minimum atomic E-state index is 0. The summed E-state index contributed by atoms with van der Waals surface area (Å²) in [5.41, 5.74) is 0. The van der Waals surface area contributed by atoms with Gasteiger partial charge in [0.2, 0.25) is 0 Å². The van der Waals surface area contributed by atoms with E-state index in [4.69, 9.17) is 0 Å². The lowest BCUT2D eigenvalue weighted by Crippen LogP contribution is -2.38. The molecule has 0 spiro atoms. The van der Waals surface area contributed by atoms with Crippen LogP contribution in [0, 0.1) is 6.92 Å². The molecule has 0 unspecified atom stereocenters. The third-order valence-corrected chi connectivity index (χ3v) is 4.61. The van der Waals surface area contributed by atoms with E-state index in [1.165, 1.54) is 29.1 Å². The lowest BCUT2D eigenvalue weighted by molar-refractivity contribution is 0.297. The van der Waals surface area contributed by atoms with Crippen molar-refractivity contribution >= 4 is 41.3 Å². The summed E-state index contributed by atoms with van der Waals surface area (Å²) in [6.45, 7) is 14.8. The zero-order valence-electron chi connectivity index (χ0n) is 15.0. The average molecular weight is 452 g/mol. The van der Waals surface area contributed by atoms with Gasteiger partial charge in [0.1, 0.15) is 0 Å². The van der Waals surface area contributed by atoms with Crippen LogP contribution in [0.2, 0.25) is 0 Å². The molecule has 23 heavy (non-hydrogen) atoms. The van der Waals surface area contributed by atoms with E-state index in [9.17, 15) is 0 Å². The van der Waals surface area contributed by atoms with Crippen LogP contribution in [0.4, 0.5) is 0 Å². The molecule has 134 valence electrons. The fourth-order valence-electron chi connectivity index (χ4n) is 2.28. The van der Waals surface area contributed by atoms with Gasteiger partial charge in [0.05, 0.1) is 6.54 Å². The van der Waals surface area contributed by atoms with Crippen molar-refractivity contribution in [2.45, 2.75) is 47.1 Å².